The monoisotopic (exact) mass is 287 g/mol. The minimum absolute atomic E-state index is 0.195. The van der Waals surface area contributed by atoms with E-state index in [-0.39, 0.29) is 12.0 Å². The predicted octanol–water partition coefficient (Wildman–Crippen LogP) is 1.91. The Balaban J connectivity index is 2.06. The van der Waals surface area contributed by atoms with Crippen LogP contribution in [0.2, 0.25) is 5.02 Å². The van der Waals surface area contributed by atoms with E-state index in [1.807, 2.05) is 31.3 Å². The van der Waals surface area contributed by atoms with Crippen molar-refractivity contribution in [1.82, 2.24) is 5.32 Å². The van der Waals surface area contributed by atoms with Gasteiger partial charge in [-0.2, -0.15) is 0 Å². The SMILES string of the molecule is CNC(Cc1cccc(Cl)c1)C1CCS(=O)(=O)C1. The third-order valence-corrected chi connectivity index (χ3v) is 5.58. The van der Waals surface area contributed by atoms with Gasteiger partial charge in [0.25, 0.3) is 0 Å². The number of nitrogens with one attached hydrogen (secondary N) is 1. The fourth-order valence-corrected chi connectivity index (χ4v) is 4.66. The molecule has 0 aromatic heterocycles. The second kappa shape index (κ2) is 5.59. The van der Waals surface area contributed by atoms with Crippen molar-refractivity contribution in [3.05, 3.63) is 34.9 Å². The molecule has 0 bridgehead atoms. The van der Waals surface area contributed by atoms with Crippen LogP contribution in [-0.2, 0) is 16.3 Å². The third kappa shape index (κ3) is 3.46. The molecule has 1 heterocycles. The molecule has 0 spiro atoms. The molecule has 1 aliphatic rings. The van der Waals surface area contributed by atoms with E-state index in [1.165, 1.54) is 0 Å². The van der Waals surface area contributed by atoms with Gasteiger partial charge in [-0.05, 0) is 43.5 Å². The van der Waals surface area contributed by atoms with Gasteiger partial charge in [-0.3, -0.25) is 0 Å². The molecule has 18 heavy (non-hydrogen) atoms. The first kappa shape index (κ1) is 13.8. The molecule has 5 heteroatoms. The summed E-state index contributed by atoms with van der Waals surface area (Å²) < 4.78 is 23.0. The largest absolute Gasteiger partial charge is 0.316 e. The van der Waals surface area contributed by atoms with Gasteiger partial charge in [0, 0.05) is 11.1 Å². The van der Waals surface area contributed by atoms with Gasteiger partial charge in [-0.15, -0.1) is 0 Å². The normalized spacial score (nSPS) is 24.0. The molecule has 0 amide bonds. The first-order chi connectivity index (χ1) is 8.50. The summed E-state index contributed by atoms with van der Waals surface area (Å²) in [6.07, 6.45) is 1.58. The summed E-state index contributed by atoms with van der Waals surface area (Å²) >= 11 is 5.96. The zero-order valence-electron chi connectivity index (χ0n) is 10.4. The molecule has 0 saturated carbocycles. The molecule has 100 valence electrons. The Morgan fingerprint density at radius 1 is 1.50 bits per heavy atom. The Bertz CT molecular complexity index is 515. The minimum Gasteiger partial charge on any atom is -0.316 e. The fraction of sp³-hybridized carbons (Fsp3) is 0.538. The van der Waals surface area contributed by atoms with Crippen LogP contribution in [0.5, 0.6) is 0 Å². The number of rotatable bonds is 4. The first-order valence-electron chi connectivity index (χ1n) is 6.12. The summed E-state index contributed by atoms with van der Waals surface area (Å²) in [6.45, 7) is 0. The number of sulfone groups is 1. The van der Waals surface area contributed by atoms with Gasteiger partial charge >= 0.3 is 0 Å². The van der Waals surface area contributed by atoms with E-state index in [4.69, 9.17) is 11.6 Å². The summed E-state index contributed by atoms with van der Waals surface area (Å²) in [4.78, 5) is 0. The smallest absolute Gasteiger partial charge is 0.150 e. The van der Waals surface area contributed by atoms with Crippen molar-refractivity contribution in [3.8, 4) is 0 Å². The van der Waals surface area contributed by atoms with Gasteiger partial charge < -0.3 is 5.32 Å². The van der Waals surface area contributed by atoms with Crippen LogP contribution in [0.3, 0.4) is 0 Å². The summed E-state index contributed by atoms with van der Waals surface area (Å²) in [7, 11) is -0.928. The number of halogens is 1. The molecule has 0 aliphatic carbocycles. The Morgan fingerprint density at radius 3 is 2.83 bits per heavy atom. The van der Waals surface area contributed by atoms with Crippen LogP contribution in [-0.4, -0.2) is 33.0 Å². The maximum absolute atomic E-state index is 11.5. The molecule has 1 saturated heterocycles. The number of hydrogen-bond acceptors (Lipinski definition) is 3. The third-order valence-electron chi connectivity index (χ3n) is 3.55. The molecule has 3 nitrogen and oxygen atoms in total. The van der Waals surface area contributed by atoms with Gasteiger partial charge in [-0.1, -0.05) is 23.7 Å². The number of likely N-dealkylation sites (N-methyl/N-ethyl adjacent to an activating group) is 1. The summed E-state index contributed by atoms with van der Waals surface area (Å²) in [5.41, 5.74) is 1.14. The summed E-state index contributed by atoms with van der Waals surface area (Å²) in [5.74, 6) is 0.837. The Labute approximate surface area is 113 Å². The molecule has 2 unspecified atom stereocenters. The van der Waals surface area contributed by atoms with Crippen molar-refractivity contribution in [1.29, 1.82) is 0 Å². The van der Waals surface area contributed by atoms with Crippen molar-refractivity contribution in [2.75, 3.05) is 18.6 Å². The van der Waals surface area contributed by atoms with Crippen molar-refractivity contribution in [2.24, 2.45) is 5.92 Å². The van der Waals surface area contributed by atoms with Gasteiger partial charge in [0.15, 0.2) is 9.84 Å². The first-order valence-corrected chi connectivity index (χ1v) is 8.32. The molecule has 1 aliphatic heterocycles. The van der Waals surface area contributed by atoms with Crippen LogP contribution in [0.1, 0.15) is 12.0 Å². The lowest BCUT2D eigenvalue weighted by atomic mass is 9.93. The zero-order valence-corrected chi connectivity index (χ0v) is 12.0. The Kier molecular flexibility index (Phi) is 4.30. The number of benzene rings is 1. The van der Waals surface area contributed by atoms with Gasteiger partial charge in [0.2, 0.25) is 0 Å². The summed E-state index contributed by atoms with van der Waals surface area (Å²) in [6, 6.07) is 7.94. The standard InChI is InChI=1S/C13H18ClNO2S/c1-15-13(11-5-6-18(16,17)9-11)8-10-3-2-4-12(14)7-10/h2-4,7,11,13,15H,5-6,8-9H2,1H3. The van der Waals surface area contributed by atoms with E-state index in [0.29, 0.717) is 11.5 Å². The summed E-state index contributed by atoms with van der Waals surface area (Å²) in [5, 5.41) is 3.97. The molecular weight excluding hydrogens is 270 g/mol. The molecule has 1 N–H and O–H groups in total. The lowest BCUT2D eigenvalue weighted by molar-refractivity contribution is 0.403. The number of hydrogen-bond donors (Lipinski definition) is 1. The lowest BCUT2D eigenvalue weighted by Crippen LogP contribution is -2.36. The molecule has 2 rings (SSSR count). The average molecular weight is 288 g/mol. The fourth-order valence-electron chi connectivity index (χ4n) is 2.56. The molecule has 1 aromatic rings. The quantitative estimate of drug-likeness (QED) is 0.920. The maximum Gasteiger partial charge on any atom is 0.150 e. The zero-order chi connectivity index (χ0) is 13.2. The van der Waals surface area contributed by atoms with E-state index < -0.39 is 9.84 Å². The van der Waals surface area contributed by atoms with E-state index in [9.17, 15) is 8.42 Å². The minimum atomic E-state index is -2.82. The average Bonchev–Trinajstić information content (AvgIpc) is 2.66. The van der Waals surface area contributed by atoms with Crippen LogP contribution in [0.4, 0.5) is 0 Å². The van der Waals surface area contributed by atoms with E-state index in [1.54, 1.807) is 0 Å². The second-order valence-electron chi connectivity index (χ2n) is 4.89. The highest BCUT2D eigenvalue weighted by molar-refractivity contribution is 7.91. The van der Waals surface area contributed by atoms with Crippen LogP contribution in [0, 0.1) is 5.92 Å². The van der Waals surface area contributed by atoms with Gasteiger partial charge in [0.1, 0.15) is 0 Å². The van der Waals surface area contributed by atoms with E-state index in [2.05, 4.69) is 5.32 Å². The van der Waals surface area contributed by atoms with Gasteiger partial charge in [0.05, 0.1) is 11.5 Å². The molecule has 1 fully saturated rings. The second-order valence-corrected chi connectivity index (χ2v) is 7.56. The van der Waals surface area contributed by atoms with Crippen LogP contribution >= 0.6 is 11.6 Å². The molecule has 2 atom stereocenters. The predicted molar refractivity (Wildman–Crippen MR) is 74.8 cm³/mol. The highest BCUT2D eigenvalue weighted by Crippen LogP contribution is 2.24. The molecular formula is C13H18ClNO2S. The van der Waals surface area contributed by atoms with E-state index in [0.717, 1.165) is 23.4 Å². The Morgan fingerprint density at radius 2 is 2.28 bits per heavy atom. The van der Waals surface area contributed by atoms with Crippen molar-refractivity contribution in [3.63, 3.8) is 0 Å². The topological polar surface area (TPSA) is 46.2 Å². The Hall–Kier alpha value is -0.580. The van der Waals surface area contributed by atoms with Crippen LogP contribution in [0.25, 0.3) is 0 Å². The lowest BCUT2D eigenvalue weighted by Gasteiger charge is -2.22. The van der Waals surface area contributed by atoms with E-state index >= 15 is 0 Å². The maximum atomic E-state index is 11.5. The van der Waals surface area contributed by atoms with Crippen LogP contribution < -0.4 is 5.32 Å². The molecule has 1 aromatic carbocycles. The highest BCUT2D eigenvalue weighted by atomic mass is 35.5. The van der Waals surface area contributed by atoms with Crippen molar-refractivity contribution >= 4 is 21.4 Å². The van der Waals surface area contributed by atoms with Crippen molar-refractivity contribution < 1.29 is 8.42 Å². The molecule has 0 radical (unpaired) electrons. The van der Waals surface area contributed by atoms with Crippen LogP contribution in [0.15, 0.2) is 24.3 Å². The van der Waals surface area contributed by atoms with Gasteiger partial charge in [-0.25, -0.2) is 8.42 Å². The highest BCUT2D eigenvalue weighted by Gasteiger charge is 2.32. The van der Waals surface area contributed by atoms with Crippen molar-refractivity contribution in [2.45, 2.75) is 18.9 Å².